The molecule has 0 saturated heterocycles. The summed E-state index contributed by atoms with van der Waals surface area (Å²) >= 11 is 10.5. The van der Waals surface area contributed by atoms with Gasteiger partial charge in [-0.05, 0) is 6.42 Å². The Kier molecular flexibility index (Phi) is 5.89. The van der Waals surface area contributed by atoms with Gasteiger partial charge in [0.15, 0.2) is 0 Å². The Morgan fingerprint density at radius 2 is 1.89 bits per heavy atom. The Labute approximate surface area is 80.8 Å². The molecule has 0 unspecified atom stereocenters. The molecule has 0 aromatic heterocycles. The van der Waals surface area contributed by atoms with Crippen LogP contribution in [-0.4, -0.2) is 3.93 Å². The van der Waals surface area contributed by atoms with Crippen LogP contribution in [0.1, 0.15) is 19.8 Å². The van der Waals surface area contributed by atoms with Crippen molar-refractivity contribution in [2.24, 2.45) is 0 Å². The molecule has 0 aliphatic rings. The van der Waals surface area contributed by atoms with Crippen LogP contribution >= 0.6 is 45.9 Å². The van der Waals surface area contributed by atoms with Crippen molar-refractivity contribution in [3.8, 4) is 0 Å². The normalized spacial score (nSPS) is 12.9. The van der Waals surface area contributed by atoms with Crippen LogP contribution in [0.4, 0.5) is 0 Å². The van der Waals surface area contributed by atoms with Crippen LogP contribution in [0, 0.1) is 0 Å². The lowest BCUT2D eigenvalue weighted by molar-refractivity contribution is 0.960. The quantitative estimate of drug-likeness (QED) is 0.539. The van der Waals surface area contributed by atoms with Gasteiger partial charge in [0.25, 0.3) is 3.93 Å². The van der Waals surface area contributed by atoms with Crippen molar-refractivity contribution >= 4 is 49.8 Å². The van der Waals surface area contributed by atoms with E-state index in [4.69, 9.17) is 0 Å². The van der Waals surface area contributed by atoms with Crippen LogP contribution in [0.2, 0.25) is 0 Å². The van der Waals surface area contributed by atoms with Crippen molar-refractivity contribution in [2.45, 2.75) is 19.8 Å². The third-order valence-electron chi connectivity index (χ3n) is 0.762. The topological polar surface area (TPSA) is 0 Å². The summed E-state index contributed by atoms with van der Waals surface area (Å²) in [5.41, 5.74) is 2.16. The Morgan fingerprint density at radius 1 is 1.33 bits per heavy atom. The largest absolute Gasteiger partial charge is 0.290 e. The smallest absolute Gasteiger partial charge is 0.0916 e. The summed E-state index contributed by atoms with van der Waals surface area (Å²) in [5, 5.41) is 0. The van der Waals surface area contributed by atoms with Gasteiger partial charge in [-0.25, -0.2) is 0 Å². The first-order chi connectivity index (χ1) is 4.06. The first-order valence-electron chi connectivity index (χ1n) is 2.80. The van der Waals surface area contributed by atoms with Gasteiger partial charge in [0.05, 0.1) is 0 Å². The van der Waals surface area contributed by atoms with E-state index in [0.717, 1.165) is 6.42 Å². The van der Waals surface area contributed by atoms with Gasteiger partial charge in [0.2, 0.25) is 0 Å². The van der Waals surface area contributed by atoms with Crippen molar-refractivity contribution in [3.05, 3.63) is 11.8 Å². The number of allylic oxidation sites excluding steroid dienone is 1. The number of hydrogen-bond acceptors (Lipinski definition) is 0. The van der Waals surface area contributed by atoms with Gasteiger partial charge in [0.1, 0.15) is 0 Å². The van der Waals surface area contributed by atoms with Crippen LogP contribution in [-0.2, 0) is 0 Å². The van der Waals surface area contributed by atoms with E-state index in [0.29, 0.717) is 0 Å². The molecule has 0 aliphatic heterocycles. The van der Waals surface area contributed by atoms with E-state index < -0.39 is 3.93 Å². The van der Waals surface area contributed by atoms with Crippen molar-refractivity contribution in [1.82, 2.24) is 0 Å². The molecular formula is C5H9Br3Si. The molecule has 54 valence electrons. The van der Waals surface area contributed by atoms with Gasteiger partial charge in [-0.3, -0.25) is 0 Å². The molecular weight excluding hydrogens is 328 g/mol. The third kappa shape index (κ3) is 9.40. The van der Waals surface area contributed by atoms with E-state index >= 15 is 0 Å². The second-order valence-electron chi connectivity index (χ2n) is 1.73. The Morgan fingerprint density at radius 3 is 2.22 bits per heavy atom. The zero-order chi connectivity index (χ0) is 7.33. The highest BCUT2D eigenvalue weighted by Crippen LogP contribution is 2.28. The first kappa shape index (κ1) is 10.4. The van der Waals surface area contributed by atoms with Crippen molar-refractivity contribution < 1.29 is 0 Å². The highest BCUT2D eigenvalue weighted by molar-refractivity contribution is 9.72. The second-order valence-corrected chi connectivity index (χ2v) is 24.0. The lowest BCUT2D eigenvalue weighted by Crippen LogP contribution is -1.99. The maximum absolute atomic E-state index is 3.49. The lowest BCUT2D eigenvalue weighted by atomic mass is 10.3. The minimum Gasteiger partial charge on any atom is -0.0916 e. The summed E-state index contributed by atoms with van der Waals surface area (Å²) in [5.74, 6) is 0. The first-order valence-corrected chi connectivity index (χ1v) is 11.7. The van der Waals surface area contributed by atoms with E-state index in [9.17, 15) is 0 Å². The minimum absolute atomic E-state index is 1.16. The number of hydrogen-bond donors (Lipinski definition) is 0. The average Bonchev–Trinajstić information content (AvgIpc) is 1.63. The molecule has 0 spiro atoms. The van der Waals surface area contributed by atoms with Crippen molar-refractivity contribution in [2.75, 3.05) is 0 Å². The zero-order valence-corrected chi connectivity index (χ0v) is 11.0. The lowest BCUT2D eigenvalue weighted by Gasteiger charge is -1.98. The Hall–Kier alpha value is 1.40. The molecule has 0 nitrogen and oxygen atoms in total. The summed E-state index contributed by atoms with van der Waals surface area (Å²) in [4.78, 5) is 0. The molecule has 0 N–H and O–H groups in total. The molecule has 0 rings (SSSR count). The van der Waals surface area contributed by atoms with Crippen molar-refractivity contribution in [3.63, 3.8) is 0 Å². The predicted octanol–water partition coefficient (Wildman–Crippen LogP) is 4.01. The minimum atomic E-state index is -1.44. The van der Waals surface area contributed by atoms with E-state index in [1.54, 1.807) is 0 Å². The highest BCUT2D eigenvalue weighted by atomic mass is 80.0. The molecule has 0 heterocycles. The van der Waals surface area contributed by atoms with E-state index in [2.05, 4.69) is 64.6 Å². The van der Waals surface area contributed by atoms with Gasteiger partial charge < -0.3 is 0 Å². The van der Waals surface area contributed by atoms with Crippen LogP contribution in [0.25, 0.3) is 0 Å². The number of unbranched alkanes of at least 4 members (excludes halogenated alkanes) is 1. The fourth-order valence-corrected chi connectivity index (χ4v) is 2.50. The Bertz CT molecular complexity index is 94.9. The molecule has 0 aliphatic carbocycles. The second kappa shape index (κ2) is 5.10. The molecule has 0 saturated carbocycles. The van der Waals surface area contributed by atoms with Gasteiger partial charge in [-0.1, -0.05) is 71.0 Å². The maximum atomic E-state index is 3.49. The summed E-state index contributed by atoms with van der Waals surface area (Å²) in [7, 11) is 0. The molecule has 0 atom stereocenters. The molecule has 4 heteroatoms. The molecule has 0 amide bonds. The predicted molar refractivity (Wildman–Crippen MR) is 56.6 cm³/mol. The van der Waals surface area contributed by atoms with E-state index in [1.165, 1.54) is 6.42 Å². The molecule has 0 bridgehead atoms. The van der Waals surface area contributed by atoms with Crippen LogP contribution in [0.15, 0.2) is 11.8 Å². The zero-order valence-electron chi connectivity index (χ0n) is 5.20. The van der Waals surface area contributed by atoms with Gasteiger partial charge >= 0.3 is 0 Å². The van der Waals surface area contributed by atoms with Crippen molar-refractivity contribution in [1.29, 1.82) is 0 Å². The number of rotatable bonds is 3. The summed E-state index contributed by atoms with van der Waals surface area (Å²) < 4.78 is -1.44. The van der Waals surface area contributed by atoms with Crippen LogP contribution in [0.5, 0.6) is 0 Å². The van der Waals surface area contributed by atoms with E-state index in [-0.39, 0.29) is 0 Å². The van der Waals surface area contributed by atoms with E-state index in [1.807, 2.05) is 0 Å². The van der Waals surface area contributed by atoms with Gasteiger partial charge in [0, 0.05) is 0 Å². The van der Waals surface area contributed by atoms with Gasteiger partial charge in [-0.2, -0.15) is 0 Å². The third-order valence-corrected chi connectivity index (χ3v) is 3.75. The standard InChI is InChI=1S/C5H9Br3Si/c1-2-3-4-5-9(6,7)8/h4-5H,2-3H2,1H3. The fourth-order valence-electron chi connectivity index (χ4n) is 0.384. The summed E-state index contributed by atoms with van der Waals surface area (Å²) in [6.45, 7) is 2.17. The molecule has 0 radical (unpaired) electrons. The average molecular weight is 337 g/mol. The Balaban J connectivity index is 3.45. The molecule has 0 aromatic carbocycles. The molecule has 9 heavy (non-hydrogen) atoms. The maximum Gasteiger partial charge on any atom is 0.290 e. The number of halogens is 3. The van der Waals surface area contributed by atoms with Crippen LogP contribution < -0.4 is 0 Å². The molecule has 0 fully saturated rings. The van der Waals surface area contributed by atoms with Gasteiger partial charge in [-0.15, -0.1) is 0 Å². The fraction of sp³-hybridized carbons (Fsp3) is 0.600. The summed E-state index contributed by atoms with van der Waals surface area (Å²) in [6, 6.07) is 0. The molecule has 0 aromatic rings. The summed E-state index contributed by atoms with van der Waals surface area (Å²) in [6.07, 6.45) is 4.57. The SMILES string of the molecule is CCCC=C[Si](Br)(Br)Br. The highest BCUT2D eigenvalue weighted by Gasteiger charge is 2.15. The van der Waals surface area contributed by atoms with Crippen LogP contribution in [0.3, 0.4) is 0 Å². The monoisotopic (exact) mass is 334 g/mol.